The van der Waals surface area contributed by atoms with Gasteiger partial charge in [0.05, 0.1) is 17.1 Å². The van der Waals surface area contributed by atoms with Crippen molar-refractivity contribution < 1.29 is 8.42 Å². The summed E-state index contributed by atoms with van der Waals surface area (Å²) in [6, 6.07) is 11.7. The molecule has 4 nitrogen and oxygen atoms in total. The van der Waals surface area contributed by atoms with Crippen molar-refractivity contribution in [1.29, 1.82) is 0 Å². The Bertz CT molecular complexity index is 884. The van der Waals surface area contributed by atoms with E-state index in [9.17, 15) is 8.42 Å². The number of hydrogen-bond donors (Lipinski definition) is 1. The second-order valence-corrected chi connectivity index (χ2v) is 6.37. The number of fused-ring (bicyclic) bond motifs is 1. The molecule has 6 heteroatoms. The summed E-state index contributed by atoms with van der Waals surface area (Å²) < 4.78 is 21.6. The Morgan fingerprint density at radius 3 is 2.50 bits per heavy atom. The van der Waals surface area contributed by atoms with E-state index in [0.717, 1.165) is 27.6 Å². The SMILES string of the molecule is O=[SH](=O)Cc1ccc(-c2c(CBr)ncc3ccccc23)cn1. The van der Waals surface area contributed by atoms with Crippen LogP contribution in [0.1, 0.15) is 11.4 Å². The number of alkyl halides is 1. The van der Waals surface area contributed by atoms with Gasteiger partial charge in [-0.15, -0.1) is 0 Å². The molecule has 0 unspecified atom stereocenters. The number of benzene rings is 1. The van der Waals surface area contributed by atoms with Crippen LogP contribution in [0.2, 0.25) is 0 Å². The fraction of sp³-hybridized carbons (Fsp3) is 0.125. The van der Waals surface area contributed by atoms with Crippen molar-refractivity contribution >= 4 is 37.4 Å². The van der Waals surface area contributed by atoms with Gasteiger partial charge < -0.3 is 0 Å². The zero-order chi connectivity index (χ0) is 15.5. The second kappa shape index (κ2) is 6.54. The molecule has 0 spiro atoms. The molecule has 0 saturated carbocycles. The maximum absolute atomic E-state index is 10.8. The Balaban J connectivity index is 2.16. The van der Waals surface area contributed by atoms with Crippen LogP contribution in [0.4, 0.5) is 0 Å². The lowest BCUT2D eigenvalue weighted by Gasteiger charge is -2.11. The Labute approximate surface area is 138 Å². The van der Waals surface area contributed by atoms with Gasteiger partial charge in [0.25, 0.3) is 0 Å². The molecular weight excluding hydrogens is 364 g/mol. The Morgan fingerprint density at radius 2 is 1.82 bits per heavy atom. The predicted octanol–water partition coefficient (Wildman–Crippen LogP) is 3.30. The fourth-order valence-electron chi connectivity index (χ4n) is 2.43. The summed E-state index contributed by atoms with van der Waals surface area (Å²) in [5.74, 6) is -0.0330. The second-order valence-electron chi connectivity index (χ2n) is 4.83. The molecular formula is C16H13BrN2O2S. The molecule has 1 aromatic carbocycles. The summed E-state index contributed by atoms with van der Waals surface area (Å²) >= 11 is 3.48. The van der Waals surface area contributed by atoms with Crippen LogP contribution in [0.5, 0.6) is 0 Å². The molecule has 0 aliphatic rings. The van der Waals surface area contributed by atoms with Gasteiger partial charge in [-0.2, -0.15) is 0 Å². The first-order chi connectivity index (χ1) is 10.7. The van der Waals surface area contributed by atoms with Crippen molar-refractivity contribution in [2.24, 2.45) is 0 Å². The number of hydrogen-bond acceptors (Lipinski definition) is 4. The minimum absolute atomic E-state index is 0.0330. The minimum Gasteiger partial charge on any atom is -0.260 e. The van der Waals surface area contributed by atoms with E-state index in [0.29, 0.717) is 11.0 Å². The van der Waals surface area contributed by atoms with Gasteiger partial charge in [-0.05, 0) is 11.5 Å². The van der Waals surface area contributed by atoms with E-state index < -0.39 is 10.7 Å². The van der Waals surface area contributed by atoms with Gasteiger partial charge >= 0.3 is 0 Å². The zero-order valence-electron chi connectivity index (χ0n) is 11.6. The summed E-state index contributed by atoms with van der Waals surface area (Å²) in [4.78, 5) is 8.75. The summed E-state index contributed by atoms with van der Waals surface area (Å²) in [6.07, 6.45) is 3.57. The molecule has 3 rings (SSSR count). The van der Waals surface area contributed by atoms with Crippen LogP contribution in [0.15, 0.2) is 48.8 Å². The minimum atomic E-state index is -2.46. The van der Waals surface area contributed by atoms with Crippen molar-refractivity contribution in [3.8, 4) is 11.1 Å². The van der Waals surface area contributed by atoms with Crippen LogP contribution >= 0.6 is 15.9 Å². The summed E-state index contributed by atoms with van der Waals surface area (Å²) in [5.41, 5.74) is 3.45. The molecule has 0 bridgehead atoms. The lowest BCUT2D eigenvalue weighted by Crippen LogP contribution is -1.95. The maximum atomic E-state index is 10.8. The number of thiol groups is 1. The maximum Gasteiger partial charge on any atom is 0.145 e. The Hall–Kier alpha value is -1.79. The quantitative estimate of drug-likeness (QED) is 0.560. The number of rotatable bonds is 4. The summed E-state index contributed by atoms with van der Waals surface area (Å²) in [5, 5.41) is 2.81. The summed E-state index contributed by atoms with van der Waals surface area (Å²) in [7, 11) is -2.46. The largest absolute Gasteiger partial charge is 0.260 e. The third kappa shape index (κ3) is 3.03. The highest BCUT2D eigenvalue weighted by Gasteiger charge is 2.11. The third-order valence-electron chi connectivity index (χ3n) is 3.41. The molecule has 2 heterocycles. The number of pyridine rings is 2. The molecule has 0 fully saturated rings. The van der Waals surface area contributed by atoms with E-state index in [4.69, 9.17) is 0 Å². The molecule has 112 valence electrons. The third-order valence-corrected chi connectivity index (χ3v) is 4.52. The normalized spacial score (nSPS) is 11.2. The van der Waals surface area contributed by atoms with Gasteiger partial charge in [0.15, 0.2) is 0 Å². The first-order valence-corrected chi connectivity index (χ1v) is 9.17. The van der Waals surface area contributed by atoms with Gasteiger partial charge in [0.1, 0.15) is 10.7 Å². The van der Waals surface area contributed by atoms with E-state index in [1.807, 2.05) is 30.5 Å². The van der Waals surface area contributed by atoms with E-state index in [-0.39, 0.29) is 5.75 Å². The summed E-state index contributed by atoms with van der Waals surface area (Å²) in [6.45, 7) is 0. The van der Waals surface area contributed by atoms with Crippen LogP contribution in [0.3, 0.4) is 0 Å². The Morgan fingerprint density at radius 1 is 1.00 bits per heavy atom. The molecule has 22 heavy (non-hydrogen) atoms. The van der Waals surface area contributed by atoms with Gasteiger partial charge in [0.2, 0.25) is 0 Å². The van der Waals surface area contributed by atoms with Crippen LogP contribution in [-0.4, -0.2) is 18.4 Å². The van der Waals surface area contributed by atoms with Gasteiger partial charge in [-0.1, -0.05) is 46.3 Å². The van der Waals surface area contributed by atoms with Crippen LogP contribution in [0.25, 0.3) is 21.9 Å². The number of aromatic nitrogens is 2. The van der Waals surface area contributed by atoms with E-state index >= 15 is 0 Å². The van der Waals surface area contributed by atoms with E-state index in [1.165, 1.54) is 0 Å². The first-order valence-electron chi connectivity index (χ1n) is 6.68. The molecule has 2 aromatic heterocycles. The van der Waals surface area contributed by atoms with Crippen LogP contribution in [0, 0.1) is 0 Å². The average molecular weight is 377 g/mol. The molecule has 3 aromatic rings. The smallest absolute Gasteiger partial charge is 0.145 e. The first kappa shape index (κ1) is 15.1. The average Bonchev–Trinajstić information content (AvgIpc) is 2.54. The van der Waals surface area contributed by atoms with Crippen LogP contribution < -0.4 is 0 Å². The zero-order valence-corrected chi connectivity index (χ0v) is 14.0. The Kier molecular flexibility index (Phi) is 4.49. The van der Waals surface area contributed by atoms with Crippen molar-refractivity contribution in [1.82, 2.24) is 9.97 Å². The highest BCUT2D eigenvalue weighted by Crippen LogP contribution is 2.31. The monoisotopic (exact) mass is 376 g/mol. The van der Waals surface area contributed by atoms with E-state index in [1.54, 1.807) is 12.3 Å². The van der Waals surface area contributed by atoms with Crippen molar-refractivity contribution in [3.05, 3.63) is 60.2 Å². The highest BCUT2D eigenvalue weighted by molar-refractivity contribution is 9.08. The molecule has 0 radical (unpaired) electrons. The van der Waals surface area contributed by atoms with Crippen LogP contribution in [-0.2, 0) is 21.8 Å². The fourth-order valence-corrected chi connectivity index (χ4v) is 3.30. The van der Waals surface area contributed by atoms with Gasteiger partial charge in [-0.3, -0.25) is 9.97 Å². The van der Waals surface area contributed by atoms with E-state index in [2.05, 4.69) is 32.0 Å². The van der Waals surface area contributed by atoms with Gasteiger partial charge in [0, 0.05) is 34.2 Å². The number of nitrogens with zero attached hydrogens (tertiary/aromatic N) is 2. The molecule has 0 aliphatic heterocycles. The highest BCUT2D eigenvalue weighted by atomic mass is 79.9. The van der Waals surface area contributed by atoms with Crippen molar-refractivity contribution in [2.75, 3.05) is 0 Å². The van der Waals surface area contributed by atoms with Crippen molar-refractivity contribution in [3.63, 3.8) is 0 Å². The topological polar surface area (TPSA) is 59.9 Å². The molecule has 0 N–H and O–H groups in total. The molecule has 0 aliphatic carbocycles. The molecule has 0 atom stereocenters. The molecule has 0 saturated heterocycles. The molecule has 0 amide bonds. The lowest BCUT2D eigenvalue weighted by molar-refractivity contribution is 0.613. The van der Waals surface area contributed by atoms with Gasteiger partial charge in [-0.25, -0.2) is 8.42 Å². The lowest BCUT2D eigenvalue weighted by atomic mass is 9.99. The van der Waals surface area contributed by atoms with Crippen molar-refractivity contribution in [2.45, 2.75) is 11.1 Å². The predicted molar refractivity (Wildman–Crippen MR) is 91.6 cm³/mol. The number of halogens is 1. The standard InChI is InChI=1S/C16H13BrN2O2S/c17-7-15-16(14-4-2-1-3-11(14)8-19-15)12-5-6-13(18-9-12)10-22(20)21/h1-6,8-9,22H,7,10H2.